The Hall–Kier alpha value is -3.60. The molecule has 1 aliphatic carbocycles. The van der Waals surface area contributed by atoms with E-state index >= 15 is 0 Å². The number of fused-ring (bicyclic) bond motifs is 3. The van der Waals surface area contributed by atoms with Crippen LogP contribution in [0.25, 0.3) is 33.3 Å². The molecule has 26 heavy (non-hydrogen) atoms. The monoisotopic (exact) mass is 340 g/mol. The van der Waals surface area contributed by atoms with E-state index < -0.39 is 0 Å². The molecule has 5 heteroatoms. The molecule has 5 nitrogen and oxygen atoms in total. The van der Waals surface area contributed by atoms with E-state index in [4.69, 9.17) is 0 Å². The molecular weight excluding hydrogens is 326 g/mol. The van der Waals surface area contributed by atoms with E-state index in [0.717, 1.165) is 27.9 Å². The van der Waals surface area contributed by atoms with Crippen LogP contribution in [0, 0.1) is 10.1 Å². The molecular formula is C21H14N3O2+. The lowest BCUT2D eigenvalue weighted by Gasteiger charge is -2.05. The Balaban J connectivity index is 1.67. The fourth-order valence-electron chi connectivity index (χ4n) is 3.69. The van der Waals surface area contributed by atoms with Crippen LogP contribution in [-0.2, 0) is 6.54 Å². The van der Waals surface area contributed by atoms with Crippen LogP contribution in [0.15, 0.2) is 73.1 Å². The molecule has 0 radical (unpaired) electrons. The predicted octanol–water partition coefficient (Wildman–Crippen LogP) is 4.13. The van der Waals surface area contributed by atoms with Crippen molar-refractivity contribution in [2.75, 3.05) is 0 Å². The summed E-state index contributed by atoms with van der Waals surface area (Å²) >= 11 is 0. The summed E-state index contributed by atoms with van der Waals surface area (Å²) in [6.07, 6.45) is 3.93. The molecule has 4 aromatic rings. The summed E-state index contributed by atoms with van der Waals surface area (Å²) in [6.45, 7) is 0.645. The van der Waals surface area contributed by atoms with Crippen molar-refractivity contribution in [3.63, 3.8) is 0 Å². The number of non-ortho nitro benzene ring substituents is 1. The van der Waals surface area contributed by atoms with Gasteiger partial charge in [-0.15, -0.1) is 0 Å². The maximum atomic E-state index is 10.9. The highest BCUT2D eigenvalue weighted by Gasteiger charge is 2.30. The Morgan fingerprint density at radius 3 is 2.50 bits per heavy atom. The zero-order valence-electron chi connectivity index (χ0n) is 13.8. The van der Waals surface area contributed by atoms with Gasteiger partial charge in [-0.3, -0.25) is 15.1 Å². The van der Waals surface area contributed by atoms with Gasteiger partial charge in [-0.25, -0.2) is 0 Å². The molecule has 2 heterocycles. The summed E-state index contributed by atoms with van der Waals surface area (Å²) in [5.74, 6) is 0. The normalized spacial score (nSPS) is 11.5. The second-order valence-electron chi connectivity index (χ2n) is 6.39. The molecule has 124 valence electrons. The number of hydrogen-bond acceptors (Lipinski definition) is 3. The SMILES string of the molecule is O=[N+]([O-])c1ccc(C[n+]2ccc3ccnc4c3c2-c2ccccc2-4)cc1. The van der Waals surface area contributed by atoms with Gasteiger partial charge < -0.3 is 0 Å². The molecule has 2 aromatic carbocycles. The lowest BCUT2D eigenvalue weighted by Crippen LogP contribution is -2.36. The van der Waals surface area contributed by atoms with E-state index in [1.807, 2.05) is 36.5 Å². The minimum Gasteiger partial charge on any atom is -0.258 e. The highest BCUT2D eigenvalue weighted by atomic mass is 16.6. The van der Waals surface area contributed by atoms with Crippen molar-refractivity contribution in [3.8, 4) is 22.5 Å². The Morgan fingerprint density at radius 1 is 0.962 bits per heavy atom. The number of hydrogen-bond donors (Lipinski definition) is 0. The molecule has 0 amide bonds. The number of nitro benzene ring substituents is 1. The number of benzene rings is 2. The van der Waals surface area contributed by atoms with Crippen molar-refractivity contribution in [2.24, 2.45) is 0 Å². The van der Waals surface area contributed by atoms with Crippen LogP contribution in [0.4, 0.5) is 5.69 Å². The van der Waals surface area contributed by atoms with Crippen molar-refractivity contribution in [2.45, 2.75) is 6.54 Å². The van der Waals surface area contributed by atoms with Crippen molar-refractivity contribution in [1.82, 2.24) is 4.98 Å². The zero-order valence-corrected chi connectivity index (χ0v) is 13.8. The van der Waals surface area contributed by atoms with Crippen LogP contribution in [0.1, 0.15) is 5.56 Å². The van der Waals surface area contributed by atoms with Crippen molar-refractivity contribution in [1.29, 1.82) is 0 Å². The molecule has 0 saturated carbocycles. The van der Waals surface area contributed by atoms with Gasteiger partial charge in [0.2, 0.25) is 5.69 Å². The van der Waals surface area contributed by atoms with Crippen LogP contribution in [0.3, 0.4) is 0 Å². The lowest BCUT2D eigenvalue weighted by atomic mass is 10.1. The molecule has 0 fully saturated rings. The molecule has 2 aromatic heterocycles. The largest absolute Gasteiger partial charge is 0.269 e. The third kappa shape index (κ3) is 2.10. The maximum Gasteiger partial charge on any atom is 0.269 e. The molecule has 0 spiro atoms. The van der Waals surface area contributed by atoms with E-state index in [1.165, 1.54) is 10.9 Å². The quantitative estimate of drug-likeness (QED) is 0.282. The van der Waals surface area contributed by atoms with Crippen molar-refractivity contribution < 1.29 is 9.49 Å². The topological polar surface area (TPSA) is 59.9 Å². The Bertz CT molecular complexity index is 1180. The zero-order chi connectivity index (χ0) is 17.7. The minimum atomic E-state index is -0.374. The standard InChI is InChI=1S/C21H14N3O2/c25-24(26)16-7-5-14(6-8-16)13-23-12-10-15-9-11-22-20-17-3-1-2-4-18(17)21(23)19(15)20/h1-12H,13H2/q+1. The molecule has 0 atom stereocenters. The van der Waals surface area contributed by atoms with Gasteiger partial charge in [0, 0.05) is 35.5 Å². The second kappa shape index (κ2) is 5.46. The van der Waals surface area contributed by atoms with E-state index in [9.17, 15) is 10.1 Å². The van der Waals surface area contributed by atoms with Crippen LogP contribution in [0.2, 0.25) is 0 Å². The smallest absolute Gasteiger partial charge is 0.258 e. The second-order valence-corrected chi connectivity index (χ2v) is 6.39. The van der Waals surface area contributed by atoms with Gasteiger partial charge >= 0.3 is 0 Å². The molecule has 0 unspecified atom stereocenters. The van der Waals surface area contributed by atoms with Gasteiger partial charge in [-0.2, -0.15) is 4.57 Å². The van der Waals surface area contributed by atoms with Crippen LogP contribution in [0.5, 0.6) is 0 Å². The molecule has 1 aliphatic rings. The van der Waals surface area contributed by atoms with Gasteiger partial charge in [0.25, 0.3) is 5.69 Å². The van der Waals surface area contributed by atoms with Gasteiger partial charge in [0.15, 0.2) is 12.7 Å². The first kappa shape index (κ1) is 14.7. The van der Waals surface area contributed by atoms with E-state index in [2.05, 4.69) is 33.9 Å². The highest BCUT2D eigenvalue weighted by Crippen LogP contribution is 2.43. The minimum absolute atomic E-state index is 0.110. The number of pyridine rings is 2. The summed E-state index contributed by atoms with van der Waals surface area (Å²) in [6, 6.07) is 19.2. The first-order valence-electron chi connectivity index (χ1n) is 8.36. The van der Waals surface area contributed by atoms with Crippen LogP contribution >= 0.6 is 0 Å². The maximum absolute atomic E-state index is 10.9. The Morgan fingerprint density at radius 2 is 1.73 bits per heavy atom. The summed E-state index contributed by atoms with van der Waals surface area (Å²) in [4.78, 5) is 15.1. The molecule has 5 rings (SSSR count). The predicted molar refractivity (Wildman–Crippen MR) is 98.6 cm³/mol. The Labute approximate surface area is 149 Å². The van der Waals surface area contributed by atoms with Gasteiger partial charge in [-0.05, 0) is 29.7 Å². The molecule has 0 N–H and O–H groups in total. The lowest BCUT2D eigenvalue weighted by molar-refractivity contribution is -0.676. The number of aromatic nitrogens is 2. The molecule has 0 saturated heterocycles. The van der Waals surface area contributed by atoms with E-state index in [1.54, 1.807) is 12.1 Å². The summed E-state index contributed by atoms with van der Waals surface area (Å²) in [5, 5.41) is 13.2. The number of rotatable bonds is 3. The number of nitro groups is 1. The van der Waals surface area contributed by atoms with Crippen molar-refractivity contribution in [3.05, 3.63) is 88.7 Å². The fraction of sp³-hybridized carbons (Fsp3) is 0.0476. The Kier molecular flexibility index (Phi) is 3.09. The first-order valence-corrected chi connectivity index (χ1v) is 8.36. The molecule has 0 bridgehead atoms. The van der Waals surface area contributed by atoms with Gasteiger partial charge in [0.05, 0.1) is 21.6 Å². The average molecular weight is 340 g/mol. The van der Waals surface area contributed by atoms with Gasteiger partial charge in [-0.1, -0.05) is 18.2 Å². The molecule has 0 aliphatic heterocycles. The number of nitrogens with zero attached hydrogens (tertiary/aromatic N) is 3. The van der Waals surface area contributed by atoms with E-state index in [0.29, 0.717) is 6.54 Å². The summed E-state index contributed by atoms with van der Waals surface area (Å²) in [5.41, 5.74) is 5.63. The fourth-order valence-corrected chi connectivity index (χ4v) is 3.69. The first-order chi connectivity index (χ1) is 12.7. The summed E-state index contributed by atoms with van der Waals surface area (Å²) < 4.78 is 2.19. The van der Waals surface area contributed by atoms with Crippen LogP contribution < -0.4 is 4.57 Å². The third-order valence-corrected chi connectivity index (χ3v) is 4.88. The average Bonchev–Trinajstić information content (AvgIpc) is 3.01. The highest BCUT2D eigenvalue weighted by molar-refractivity contribution is 6.11. The van der Waals surface area contributed by atoms with Gasteiger partial charge in [0.1, 0.15) is 0 Å². The van der Waals surface area contributed by atoms with Crippen LogP contribution in [-0.4, -0.2) is 9.91 Å². The van der Waals surface area contributed by atoms with E-state index in [-0.39, 0.29) is 10.6 Å². The summed E-state index contributed by atoms with van der Waals surface area (Å²) in [7, 11) is 0. The third-order valence-electron chi connectivity index (χ3n) is 4.88. The van der Waals surface area contributed by atoms with Crippen molar-refractivity contribution >= 4 is 16.5 Å².